The summed E-state index contributed by atoms with van der Waals surface area (Å²) in [4.78, 5) is 14.3. The second-order valence-electron chi connectivity index (χ2n) is 8.84. The van der Waals surface area contributed by atoms with Crippen LogP contribution in [0, 0.1) is 0 Å². The molecule has 0 bridgehead atoms. The number of ether oxygens (including phenoxy) is 2. The summed E-state index contributed by atoms with van der Waals surface area (Å²) in [6, 6.07) is 21.1. The first kappa shape index (κ1) is 26.7. The smallest absolute Gasteiger partial charge is 0.167 e. The van der Waals surface area contributed by atoms with E-state index in [9.17, 15) is 0 Å². The van der Waals surface area contributed by atoms with Crippen LogP contribution in [0.5, 0.6) is 0 Å². The minimum atomic E-state index is -0.105. The first-order valence-corrected chi connectivity index (χ1v) is 13.1. The molecule has 1 aliphatic heterocycles. The van der Waals surface area contributed by atoms with Gasteiger partial charge in [-0.15, -0.1) is 0 Å². The van der Waals surface area contributed by atoms with E-state index in [0.717, 1.165) is 29.8 Å². The summed E-state index contributed by atoms with van der Waals surface area (Å²) in [6.45, 7) is 5.84. The van der Waals surface area contributed by atoms with Crippen molar-refractivity contribution in [1.29, 1.82) is 0 Å². The van der Waals surface area contributed by atoms with Crippen molar-refractivity contribution in [3.8, 4) is 0 Å². The average Bonchev–Trinajstić information content (AvgIpc) is 3.59. The van der Waals surface area contributed by atoms with Gasteiger partial charge in [0.25, 0.3) is 0 Å². The fraction of sp³-hybridized carbons (Fsp3) is 0.414. The highest BCUT2D eigenvalue weighted by Crippen LogP contribution is 2.32. The van der Waals surface area contributed by atoms with Crippen LogP contribution in [-0.2, 0) is 16.0 Å². The molecule has 1 fully saturated rings. The second-order valence-corrected chi connectivity index (χ2v) is 8.84. The van der Waals surface area contributed by atoms with Crippen LogP contribution in [0.3, 0.4) is 0 Å². The summed E-state index contributed by atoms with van der Waals surface area (Å²) in [5.74, 6) is 1.62. The SMILES string of the molecule is CC.CNCc1nc(NCC(c2ccccc2)c2ccccc2)c2ncn(C3CCC(COC)O3)c2n1. The van der Waals surface area contributed by atoms with Crippen molar-refractivity contribution in [1.82, 2.24) is 24.8 Å². The molecule has 1 aliphatic rings. The predicted octanol–water partition coefficient (Wildman–Crippen LogP) is 5.14. The predicted molar refractivity (Wildman–Crippen MR) is 148 cm³/mol. The molecule has 1 saturated heterocycles. The summed E-state index contributed by atoms with van der Waals surface area (Å²) in [5.41, 5.74) is 4.04. The largest absolute Gasteiger partial charge is 0.382 e. The molecule has 37 heavy (non-hydrogen) atoms. The normalized spacial score (nSPS) is 17.1. The quantitative estimate of drug-likeness (QED) is 0.311. The maximum atomic E-state index is 6.21. The van der Waals surface area contributed by atoms with E-state index in [4.69, 9.17) is 24.4 Å². The zero-order valence-electron chi connectivity index (χ0n) is 22.2. The lowest BCUT2D eigenvalue weighted by molar-refractivity contribution is -0.0300. The molecule has 5 rings (SSSR count). The molecule has 2 atom stereocenters. The van der Waals surface area contributed by atoms with Gasteiger partial charge in [0.05, 0.1) is 25.6 Å². The Hall–Kier alpha value is -3.33. The van der Waals surface area contributed by atoms with Gasteiger partial charge >= 0.3 is 0 Å². The lowest BCUT2D eigenvalue weighted by Gasteiger charge is -2.20. The molecular formula is C29H38N6O2. The molecule has 4 aromatic rings. The monoisotopic (exact) mass is 502 g/mol. The second kappa shape index (κ2) is 13.3. The summed E-state index contributed by atoms with van der Waals surface area (Å²) < 4.78 is 13.5. The first-order chi connectivity index (χ1) is 18.3. The van der Waals surface area contributed by atoms with E-state index >= 15 is 0 Å². The number of nitrogens with one attached hydrogen (secondary N) is 2. The van der Waals surface area contributed by atoms with E-state index in [2.05, 4.69) is 59.2 Å². The molecular weight excluding hydrogens is 464 g/mol. The minimum absolute atomic E-state index is 0.0937. The van der Waals surface area contributed by atoms with Crippen LogP contribution in [0.1, 0.15) is 55.8 Å². The molecule has 2 N–H and O–H groups in total. The summed E-state index contributed by atoms with van der Waals surface area (Å²) in [7, 11) is 3.60. The fourth-order valence-corrected chi connectivity index (χ4v) is 4.73. The maximum absolute atomic E-state index is 6.21. The van der Waals surface area contributed by atoms with Gasteiger partial charge in [0.15, 0.2) is 17.0 Å². The standard InChI is InChI=1S/C27H32N6O2.C2H6/c1-28-16-23-31-26(25-27(32-23)33(18-30-25)24-14-13-21(35-24)17-34-2)29-15-22(19-9-5-3-6-10-19)20-11-7-4-8-12-20;1-2/h3-12,18,21-22,24,28H,13-17H2,1-2H3,(H,29,31,32);1-2H3. The Labute approximate surface area is 219 Å². The Bertz CT molecular complexity index is 1190. The third kappa shape index (κ3) is 6.33. The molecule has 8 heteroatoms. The van der Waals surface area contributed by atoms with Gasteiger partial charge in [-0.1, -0.05) is 74.5 Å². The number of anilines is 1. The van der Waals surface area contributed by atoms with E-state index in [0.29, 0.717) is 25.5 Å². The van der Waals surface area contributed by atoms with E-state index in [1.165, 1.54) is 11.1 Å². The van der Waals surface area contributed by atoms with Crippen molar-refractivity contribution in [3.63, 3.8) is 0 Å². The zero-order chi connectivity index (χ0) is 26.0. The first-order valence-electron chi connectivity index (χ1n) is 13.1. The lowest BCUT2D eigenvalue weighted by Crippen LogP contribution is -2.18. The van der Waals surface area contributed by atoms with Crippen LogP contribution in [0.2, 0.25) is 0 Å². The van der Waals surface area contributed by atoms with Crippen LogP contribution in [0.15, 0.2) is 67.0 Å². The van der Waals surface area contributed by atoms with E-state index < -0.39 is 0 Å². The number of hydrogen-bond acceptors (Lipinski definition) is 7. The highest BCUT2D eigenvalue weighted by Gasteiger charge is 2.28. The molecule has 0 spiro atoms. The molecule has 0 saturated carbocycles. The van der Waals surface area contributed by atoms with Gasteiger partial charge in [0.1, 0.15) is 12.1 Å². The van der Waals surface area contributed by atoms with Crippen LogP contribution < -0.4 is 10.6 Å². The van der Waals surface area contributed by atoms with Gasteiger partial charge in [-0.2, -0.15) is 0 Å². The van der Waals surface area contributed by atoms with Gasteiger partial charge in [0, 0.05) is 19.6 Å². The highest BCUT2D eigenvalue weighted by molar-refractivity contribution is 5.83. The summed E-state index contributed by atoms with van der Waals surface area (Å²) in [5, 5.41) is 6.77. The number of imidazole rings is 1. The Kier molecular flexibility index (Phi) is 9.59. The van der Waals surface area contributed by atoms with Crippen LogP contribution in [0.25, 0.3) is 11.2 Å². The number of fused-ring (bicyclic) bond motifs is 1. The topological polar surface area (TPSA) is 86.1 Å². The Morgan fingerprint density at radius 1 is 1.00 bits per heavy atom. The van der Waals surface area contributed by atoms with Crippen LogP contribution in [-0.4, -0.2) is 52.9 Å². The van der Waals surface area contributed by atoms with Crippen molar-refractivity contribution in [2.45, 2.75) is 51.5 Å². The molecule has 196 valence electrons. The molecule has 0 radical (unpaired) electrons. The molecule has 2 aromatic carbocycles. The van der Waals surface area contributed by atoms with E-state index in [1.54, 1.807) is 7.11 Å². The van der Waals surface area contributed by atoms with Gasteiger partial charge < -0.3 is 20.1 Å². The average molecular weight is 503 g/mol. The van der Waals surface area contributed by atoms with Gasteiger partial charge in [-0.05, 0) is 31.0 Å². The number of benzene rings is 2. The van der Waals surface area contributed by atoms with Crippen molar-refractivity contribution >= 4 is 17.0 Å². The number of nitrogens with zero attached hydrogens (tertiary/aromatic N) is 4. The minimum Gasteiger partial charge on any atom is -0.382 e. The molecule has 8 nitrogen and oxygen atoms in total. The number of rotatable bonds is 10. The van der Waals surface area contributed by atoms with Gasteiger partial charge in [0.2, 0.25) is 0 Å². The van der Waals surface area contributed by atoms with Crippen molar-refractivity contribution in [3.05, 3.63) is 83.9 Å². The Morgan fingerprint density at radius 3 is 2.30 bits per heavy atom. The molecule has 3 heterocycles. The summed E-state index contributed by atoms with van der Waals surface area (Å²) >= 11 is 0. The van der Waals surface area contributed by atoms with Crippen LogP contribution in [0.4, 0.5) is 5.82 Å². The molecule has 2 unspecified atom stereocenters. The third-order valence-electron chi connectivity index (χ3n) is 6.43. The maximum Gasteiger partial charge on any atom is 0.167 e. The highest BCUT2D eigenvalue weighted by atomic mass is 16.5. The fourth-order valence-electron chi connectivity index (χ4n) is 4.73. The van der Waals surface area contributed by atoms with Gasteiger partial charge in [-0.25, -0.2) is 15.0 Å². The van der Waals surface area contributed by atoms with Crippen molar-refractivity contribution < 1.29 is 9.47 Å². The van der Waals surface area contributed by atoms with Gasteiger partial charge in [-0.3, -0.25) is 4.57 Å². The Morgan fingerprint density at radius 2 is 1.68 bits per heavy atom. The van der Waals surface area contributed by atoms with E-state index in [-0.39, 0.29) is 18.2 Å². The number of aromatic nitrogens is 4. The van der Waals surface area contributed by atoms with Crippen molar-refractivity contribution in [2.75, 3.05) is 32.6 Å². The molecule has 2 aromatic heterocycles. The summed E-state index contributed by atoms with van der Waals surface area (Å²) in [6.07, 6.45) is 3.66. The molecule has 0 amide bonds. The molecule has 0 aliphatic carbocycles. The Balaban J connectivity index is 0.00000156. The van der Waals surface area contributed by atoms with Crippen molar-refractivity contribution in [2.24, 2.45) is 0 Å². The zero-order valence-corrected chi connectivity index (χ0v) is 22.2. The van der Waals surface area contributed by atoms with E-state index in [1.807, 2.05) is 43.9 Å². The third-order valence-corrected chi connectivity index (χ3v) is 6.43. The number of methoxy groups -OCH3 is 1. The van der Waals surface area contributed by atoms with Crippen LogP contribution >= 0.6 is 0 Å². The lowest BCUT2D eigenvalue weighted by atomic mass is 9.91. The number of hydrogen-bond donors (Lipinski definition) is 2.